The van der Waals surface area contributed by atoms with Crippen molar-refractivity contribution in [2.45, 2.75) is 38.5 Å². The van der Waals surface area contributed by atoms with E-state index in [9.17, 15) is 10.1 Å². The Hall–Kier alpha value is -2.10. The molecule has 0 aliphatic rings. The van der Waals surface area contributed by atoms with Gasteiger partial charge in [-0.15, -0.1) is 10.2 Å². The molecule has 9 nitrogen and oxygen atoms in total. The molecule has 10 heteroatoms. The summed E-state index contributed by atoms with van der Waals surface area (Å²) in [5.74, 6) is 1.60. The highest BCUT2D eigenvalue weighted by molar-refractivity contribution is 7.99. The molecule has 0 unspecified atom stereocenters. The van der Waals surface area contributed by atoms with E-state index < -0.39 is 4.92 Å². The summed E-state index contributed by atoms with van der Waals surface area (Å²) in [5, 5.41) is 19.5. The van der Waals surface area contributed by atoms with Crippen LogP contribution in [-0.4, -0.2) is 35.0 Å². The summed E-state index contributed by atoms with van der Waals surface area (Å²) >= 11 is 1.46. The van der Waals surface area contributed by atoms with Crippen molar-refractivity contribution in [3.8, 4) is 0 Å². The normalized spacial score (nSPS) is 11.2. The van der Waals surface area contributed by atoms with Crippen molar-refractivity contribution in [2.75, 3.05) is 11.5 Å². The fraction of sp³-hybridized carbons (Fsp3) is 0.545. The molecule has 2 rings (SSSR count). The van der Waals surface area contributed by atoms with Crippen molar-refractivity contribution < 1.29 is 4.92 Å². The van der Waals surface area contributed by atoms with Crippen molar-refractivity contribution in [3.63, 3.8) is 0 Å². The molecule has 0 spiro atoms. The monoisotopic (exact) mass is 311 g/mol. The van der Waals surface area contributed by atoms with Crippen LogP contribution in [0.15, 0.2) is 11.4 Å². The van der Waals surface area contributed by atoms with Gasteiger partial charge in [-0.05, 0) is 18.8 Å². The van der Waals surface area contributed by atoms with E-state index in [-0.39, 0.29) is 11.9 Å². The average Bonchev–Trinajstić information content (AvgIpc) is 2.94. The molecule has 0 saturated heterocycles. The molecule has 21 heavy (non-hydrogen) atoms. The summed E-state index contributed by atoms with van der Waals surface area (Å²) in [6.07, 6.45) is 1.27. The van der Waals surface area contributed by atoms with Gasteiger partial charge in [-0.3, -0.25) is 4.57 Å². The number of aryl methyl sites for hydroxylation is 1. The molecule has 2 N–H and O–H groups in total. The van der Waals surface area contributed by atoms with Crippen molar-refractivity contribution in [1.29, 1.82) is 0 Å². The van der Waals surface area contributed by atoms with Crippen molar-refractivity contribution in [2.24, 2.45) is 0 Å². The Labute approximate surface area is 125 Å². The van der Waals surface area contributed by atoms with Crippen molar-refractivity contribution in [1.82, 2.24) is 24.3 Å². The van der Waals surface area contributed by atoms with E-state index in [0.29, 0.717) is 29.2 Å². The van der Waals surface area contributed by atoms with E-state index in [1.165, 1.54) is 18.0 Å². The van der Waals surface area contributed by atoms with Crippen LogP contribution in [0.5, 0.6) is 0 Å². The lowest BCUT2D eigenvalue weighted by Gasteiger charge is -2.11. The number of imidazole rings is 1. The van der Waals surface area contributed by atoms with Crippen molar-refractivity contribution >= 4 is 23.5 Å². The average molecular weight is 311 g/mol. The number of hydrogen-bond donors (Lipinski definition) is 1. The van der Waals surface area contributed by atoms with Crippen LogP contribution < -0.4 is 5.73 Å². The predicted octanol–water partition coefficient (Wildman–Crippen LogP) is 1.65. The zero-order valence-corrected chi connectivity index (χ0v) is 12.9. The quantitative estimate of drug-likeness (QED) is 0.489. The molecule has 0 bridgehead atoms. The van der Waals surface area contributed by atoms with Crippen LogP contribution in [0.25, 0.3) is 0 Å². The van der Waals surface area contributed by atoms with Crippen LogP contribution in [0.3, 0.4) is 0 Å². The van der Waals surface area contributed by atoms with Gasteiger partial charge in [0.05, 0.1) is 0 Å². The summed E-state index contributed by atoms with van der Waals surface area (Å²) in [7, 11) is 0. The molecule has 0 saturated carbocycles. The van der Waals surface area contributed by atoms with Gasteiger partial charge in [0.1, 0.15) is 12.7 Å². The van der Waals surface area contributed by atoms with E-state index in [0.717, 1.165) is 0 Å². The van der Waals surface area contributed by atoms with Gasteiger partial charge in [0.15, 0.2) is 11.0 Å². The molecule has 2 heterocycles. The maximum absolute atomic E-state index is 10.9. The fourth-order valence-corrected chi connectivity index (χ4v) is 2.98. The van der Waals surface area contributed by atoms with Gasteiger partial charge < -0.3 is 15.8 Å². The van der Waals surface area contributed by atoms with Crippen LogP contribution in [0.2, 0.25) is 0 Å². The molecular weight excluding hydrogens is 294 g/mol. The Morgan fingerprint density at radius 2 is 2.19 bits per heavy atom. The lowest BCUT2D eigenvalue weighted by atomic mass is 10.4. The van der Waals surface area contributed by atoms with Crippen LogP contribution in [0, 0.1) is 17.0 Å². The lowest BCUT2D eigenvalue weighted by molar-refractivity contribution is -0.392. The van der Waals surface area contributed by atoms with E-state index in [1.54, 1.807) is 11.5 Å². The van der Waals surface area contributed by atoms with Gasteiger partial charge >= 0.3 is 5.82 Å². The molecule has 0 fully saturated rings. The number of nitrogens with zero attached hydrogens (tertiary/aromatic N) is 6. The Morgan fingerprint density at radius 1 is 1.48 bits per heavy atom. The number of nitrogen functional groups attached to an aromatic ring is 1. The minimum Gasteiger partial charge on any atom is -0.368 e. The SMILES string of the molecule is Cc1ncc([N+](=O)[O-])n1CCSc1nnc(N)n1C(C)C. The van der Waals surface area contributed by atoms with E-state index in [1.807, 2.05) is 18.4 Å². The van der Waals surface area contributed by atoms with Crippen LogP contribution in [0.1, 0.15) is 25.7 Å². The summed E-state index contributed by atoms with van der Waals surface area (Å²) in [4.78, 5) is 14.5. The first-order valence-corrected chi connectivity index (χ1v) is 7.40. The maximum atomic E-state index is 10.9. The number of aromatic nitrogens is 5. The molecule has 0 atom stereocenters. The van der Waals surface area contributed by atoms with E-state index in [4.69, 9.17) is 5.73 Å². The van der Waals surface area contributed by atoms with Gasteiger partial charge in [0.2, 0.25) is 5.95 Å². The first kappa shape index (κ1) is 15.3. The highest BCUT2D eigenvalue weighted by Gasteiger charge is 2.18. The third kappa shape index (κ3) is 3.15. The van der Waals surface area contributed by atoms with Crippen LogP contribution in [0.4, 0.5) is 11.8 Å². The predicted molar refractivity (Wildman–Crippen MR) is 79.2 cm³/mol. The Balaban J connectivity index is 2.06. The number of rotatable bonds is 6. The number of thioether (sulfide) groups is 1. The topological polar surface area (TPSA) is 118 Å². The lowest BCUT2D eigenvalue weighted by Crippen LogP contribution is -2.09. The van der Waals surface area contributed by atoms with E-state index >= 15 is 0 Å². The molecule has 0 aliphatic heterocycles. The van der Waals surface area contributed by atoms with E-state index in [2.05, 4.69) is 15.2 Å². The largest absolute Gasteiger partial charge is 0.368 e. The molecule has 2 aromatic rings. The molecular formula is C11H17N7O2S. The second-order valence-corrected chi connectivity index (χ2v) is 5.79. The third-order valence-electron chi connectivity index (χ3n) is 2.97. The Morgan fingerprint density at radius 3 is 2.81 bits per heavy atom. The number of anilines is 1. The zero-order valence-electron chi connectivity index (χ0n) is 12.1. The highest BCUT2D eigenvalue weighted by Crippen LogP contribution is 2.23. The highest BCUT2D eigenvalue weighted by atomic mass is 32.2. The molecule has 2 aromatic heterocycles. The van der Waals surface area contributed by atoms with Gasteiger partial charge in [-0.1, -0.05) is 11.8 Å². The first-order valence-electron chi connectivity index (χ1n) is 6.41. The minimum absolute atomic E-state index is 0.00191. The second-order valence-electron chi connectivity index (χ2n) is 4.73. The third-order valence-corrected chi connectivity index (χ3v) is 3.90. The van der Waals surface area contributed by atoms with Crippen molar-refractivity contribution in [3.05, 3.63) is 22.1 Å². The van der Waals surface area contributed by atoms with Gasteiger partial charge in [0, 0.05) is 18.7 Å². The van der Waals surface area contributed by atoms with Crippen LogP contribution >= 0.6 is 11.8 Å². The summed E-state index contributed by atoms with van der Waals surface area (Å²) in [6.45, 7) is 6.20. The number of nitrogens with two attached hydrogens (primary N) is 1. The summed E-state index contributed by atoms with van der Waals surface area (Å²) in [5.41, 5.74) is 5.77. The first-order chi connectivity index (χ1) is 9.91. The fourth-order valence-electron chi connectivity index (χ4n) is 1.98. The minimum atomic E-state index is -0.431. The van der Waals surface area contributed by atoms with Gasteiger partial charge in [-0.25, -0.2) is 9.55 Å². The molecule has 0 aliphatic carbocycles. The van der Waals surface area contributed by atoms with Gasteiger partial charge in [-0.2, -0.15) is 0 Å². The summed E-state index contributed by atoms with van der Waals surface area (Å²) in [6, 6.07) is 0.159. The smallest absolute Gasteiger partial charge is 0.342 e. The Bertz CT molecular complexity index is 649. The Kier molecular flexibility index (Phi) is 4.46. The summed E-state index contributed by atoms with van der Waals surface area (Å²) < 4.78 is 3.41. The molecule has 0 radical (unpaired) electrons. The van der Waals surface area contributed by atoms with Crippen LogP contribution in [-0.2, 0) is 6.54 Å². The van der Waals surface area contributed by atoms with Gasteiger partial charge in [0.25, 0.3) is 0 Å². The standard InChI is InChI=1S/C11H17N7O2S/c1-7(2)17-10(12)14-15-11(17)21-5-4-16-8(3)13-6-9(16)18(19)20/h6-7H,4-5H2,1-3H3,(H2,12,14). The number of hydrogen-bond acceptors (Lipinski definition) is 7. The number of nitro groups is 1. The zero-order chi connectivity index (χ0) is 15.6. The maximum Gasteiger partial charge on any atom is 0.342 e. The molecule has 114 valence electrons. The second kappa shape index (κ2) is 6.12. The molecule has 0 amide bonds. The molecule has 0 aromatic carbocycles.